The molecule has 1 fully saturated rings. The lowest BCUT2D eigenvalue weighted by molar-refractivity contribution is -0.143. The van der Waals surface area contributed by atoms with Gasteiger partial charge >= 0.3 is 5.97 Å². The van der Waals surface area contributed by atoms with Gasteiger partial charge < -0.3 is 13.9 Å². The molecule has 0 spiro atoms. The highest BCUT2D eigenvalue weighted by Gasteiger charge is 2.39. The molecule has 4 rings (SSSR count). The number of esters is 1. The number of carbonyl (C=O) groups is 3. The maximum Gasteiger partial charge on any atom is 0.305 e. The van der Waals surface area contributed by atoms with E-state index < -0.39 is 5.25 Å². The van der Waals surface area contributed by atoms with Crippen molar-refractivity contribution < 1.29 is 28.3 Å². The van der Waals surface area contributed by atoms with Gasteiger partial charge in [0.15, 0.2) is 0 Å². The molecule has 1 unspecified atom stereocenters. The van der Waals surface area contributed by atoms with Crippen LogP contribution in [0.1, 0.15) is 36.8 Å². The number of rotatable bonds is 12. The van der Waals surface area contributed by atoms with E-state index in [1.807, 2.05) is 61.5 Å². The van der Waals surface area contributed by atoms with Crippen LogP contribution in [0.5, 0.6) is 5.75 Å². The average molecular weight is 523 g/mol. The third-order valence-corrected chi connectivity index (χ3v) is 7.01. The summed E-state index contributed by atoms with van der Waals surface area (Å²) < 4.78 is 16.6. The van der Waals surface area contributed by atoms with E-state index in [1.165, 1.54) is 4.90 Å². The van der Waals surface area contributed by atoms with Gasteiger partial charge in [-0.3, -0.25) is 19.3 Å². The van der Waals surface area contributed by atoms with Gasteiger partial charge in [0.25, 0.3) is 5.24 Å². The smallest absolute Gasteiger partial charge is 0.305 e. The molecule has 0 saturated carbocycles. The van der Waals surface area contributed by atoms with Gasteiger partial charge in [0.2, 0.25) is 11.8 Å². The number of aromatic nitrogens is 1. The van der Waals surface area contributed by atoms with Gasteiger partial charge in [-0.2, -0.15) is 0 Å². The van der Waals surface area contributed by atoms with E-state index in [0.717, 1.165) is 40.1 Å². The van der Waals surface area contributed by atoms with Crippen molar-refractivity contribution in [2.24, 2.45) is 0 Å². The summed E-state index contributed by atoms with van der Waals surface area (Å²) in [6, 6.07) is 17.3. The molecule has 1 atom stereocenters. The Kier molecular flexibility index (Phi) is 9.00. The number of hydrogen-bond acceptors (Lipinski definition) is 8. The maximum atomic E-state index is 12.7. The first-order valence-electron chi connectivity index (χ1n) is 12.4. The Labute approximate surface area is 220 Å². The Morgan fingerprint density at radius 3 is 2.59 bits per heavy atom. The van der Waals surface area contributed by atoms with Crippen LogP contribution in [0.4, 0.5) is 4.79 Å². The molecule has 2 heterocycles. The molecule has 1 aliphatic heterocycles. The third-order valence-electron chi connectivity index (χ3n) is 5.94. The first kappa shape index (κ1) is 26.5. The molecular formula is C28H30N2O6S. The quantitative estimate of drug-likeness (QED) is 0.299. The number of thioether (sulfide) groups is 1. The predicted octanol–water partition coefficient (Wildman–Crippen LogP) is 5.22. The summed E-state index contributed by atoms with van der Waals surface area (Å²) in [6.07, 6.45) is 1.65. The van der Waals surface area contributed by atoms with E-state index in [2.05, 4.69) is 4.98 Å². The molecular weight excluding hydrogens is 492 g/mol. The highest BCUT2D eigenvalue weighted by molar-refractivity contribution is 8.15. The van der Waals surface area contributed by atoms with Gasteiger partial charge in [-0.25, -0.2) is 4.98 Å². The number of benzene rings is 2. The standard InChI is InChI=1S/C28H30N2O6S/c1-3-34-25(31)10-7-16-30-27(32)24(37-28(30)33)18-20-11-13-22(14-12-20)35-17-15-23-19(2)36-26(29-23)21-8-5-4-6-9-21/h4-6,8-9,11-14,24H,3,7,10,15-18H2,1-2H3. The molecule has 2 aromatic carbocycles. The zero-order chi connectivity index (χ0) is 26.2. The second-order valence-electron chi connectivity index (χ2n) is 8.61. The Hall–Kier alpha value is -3.59. The fourth-order valence-corrected chi connectivity index (χ4v) is 5.07. The van der Waals surface area contributed by atoms with Crippen LogP contribution >= 0.6 is 11.8 Å². The van der Waals surface area contributed by atoms with Crippen molar-refractivity contribution in [3.05, 3.63) is 71.6 Å². The van der Waals surface area contributed by atoms with Crippen molar-refractivity contribution in [1.29, 1.82) is 0 Å². The summed E-state index contributed by atoms with van der Waals surface area (Å²) >= 11 is 1.04. The number of ether oxygens (including phenoxy) is 2. The Morgan fingerprint density at radius 2 is 1.86 bits per heavy atom. The second-order valence-corrected chi connectivity index (χ2v) is 9.76. The van der Waals surface area contributed by atoms with Crippen LogP contribution in [-0.4, -0.2) is 52.0 Å². The second kappa shape index (κ2) is 12.6. The molecule has 9 heteroatoms. The number of hydrogen-bond donors (Lipinski definition) is 0. The monoisotopic (exact) mass is 522 g/mol. The van der Waals surface area contributed by atoms with E-state index in [1.54, 1.807) is 6.92 Å². The molecule has 194 valence electrons. The number of carbonyl (C=O) groups excluding carboxylic acids is 3. The van der Waals surface area contributed by atoms with Crippen molar-refractivity contribution in [3.63, 3.8) is 0 Å². The average Bonchev–Trinajstić information content (AvgIpc) is 3.39. The third kappa shape index (κ3) is 7.01. The lowest BCUT2D eigenvalue weighted by atomic mass is 10.1. The minimum atomic E-state index is -0.462. The zero-order valence-electron chi connectivity index (χ0n) is 21.0. The molecule has 3 aromatic rings. The summed E-state index contributed by atoms with van der Waals surface area (Å²) in [6.45, 7) is 4.64. The molecule has 8 nitrogen and oxygen atoms in total. The van der Waals surface area contributed by atoms with Crippen molar-refractivity contribution in [1.82, 2.24) is 9.88 Å². The SMILES string of the molecule is CCOC(=O)CCCN1C(=O)SC(Cc2ccc(OCCc3nc(-c4ccccc4)oc3C)cc2)C1=O. The number of oxazole rings is 1. The van der Waals surface area contributed by atoms with Gasteiger partial charge in [0.1, 0.15) is 11.5 Å². The fraction of sp³-hybridized carbons (Fsp3) is 0.357. The van der Waals surface area contributed by atoms with Gasteiger partial charge in [-0.05, 0) is 56.5 Å². The molecule has 2 amide bonds. The maximum absolute atomic E-state index is 12.7. The zero-order valence-corrected chi connectivity index (χ0v) is 21.8. The normalized spacial score (nSPS) is 15.3. The van der Waals surface area contributed by atoms with Crippen LogP contribution in [0.15, 0.2) is 59.0 Å². The van der Waals surface area contributed by atoms with Crippen LogP contribution in [0, 0.1) is 6.92 Å². The number of imide groups is 1. The molecule has 1 aliphatic rings. The van der Waals surface area contributed by atoms with Crippen LogP contribution < -0.4 is 4.74 Å². The molecule has 1 aromatic heterocycles. The van der Waals surface area contributed by atoms with Crippen molar-refractivity contribution in [2.45, 2.75) is 44.8 Å². The van der Waals surface area contributed by atoms with Gasteiger partial charge in [0, 0.05) is 24.9 Å². The lowest BCUT2D eigenvalue weighted by Gasteiger charge is -2.13. The van der Waals surface area contributed by atoms with Crippen molar-refractivity contribution in [2.75, 3.05) is 19.8 Å². The Bertz CT molecular complexity index is 1230. The summed E-state index contributed by atoms with van der Waals surface area (Å²) in [4.78, 5) is 42.3. The number of amides is 2. The Morgan fingerprint density at radius 1 is 1.11 bits per heavy atom. The van der Waals surface area contributed by atoms with Crippen molar-refractivity contribution in [3.8, 4) is 17.2 Å². The van der Waals surface area contributed by atoms with E-state index >= 15 is 0 Å². The van der Waals surface area contributed by atoms with Crippen LogP contribution in [0.25, 0.3) is 11.5 Å². The predicted molar refractivity (Wildman–Crippen MR) is 140 cm³/mol. The molecule has 37 heavy (non-hydrogen) atoms. The first-order valence-corrected chi connectivity index (χ1v) is 13.2. The summed E-state index contributed by atoms with van der Waals surface area (Å²) in [5, 5.41) is -0.729. The molecule has 1 saturated heterocycles. The molecule has 0 aliphatic carbocycles. The van der Waals surface area contributed by atoms with Gasteiger partial charge in [0.05, 0.1) is 24.2 Å². The number of nitrogens with zero attached hydrogens (tertiary/aromatic N) is 2. The number of aryl methyl sites for hydroxylation is 1. The largest absolute Gasteiger partial charge is 0.493 e. The van der Waals surface area contributed by atoms with Crippen LogP contribution in [0.2, 0.25) is 0 Å². The van der Waals surface area contributed by atoms with E-state index in [0.29, 0.717) is 38.4 Å². The van der Waals surface area contributed by atoms with E-state index in [-0.39, 0.29) is 30.1 Å². The molecule has 0 N–H and O–H groups in total. The van der Waals surface area contributed by atoms with Crippen LogP contribution in [0.3, 0.4) is 0 Å². The first-order chi connectivity index (χ1) is 17.9. The van der Waals surface area contributed by atoms with Gasteiger partial charge in [-0.1, -0.05) is 42.1 Å². The minimum absolute atomic E-state index is 0.187. The van der Waals surface area contributed by atoms with E-state index in [9.17, 15) is 14.4 Å². The van der Waals surface area contributed by atoms with Gasteiger partial charge in [-0.15, -0.1) is 0 Å². The minimum Gasteiger partial charge on any atom is -0.493 e. The summed E-state index contributed by atoms with van der Waals surface area (Å²) in [7, 11) is 0. The highest BCUT2D eigenvalue weighted by Crippen LogP contribution is 2.30. The van der Waals surface area contributed by atoms with Crippen molar-refractivity contribution >= 4 is 28.9 Å². The summed E-state index contributed by atoms with van der Waals surface area (Å²) in [5.74, 6) is 1.57. The van der Waals surface area contributed by atoms with E-state index in [4.69, 9.17) is 13.9 Å². The molecule has 0 radical (unpaired) electrons. The topological polar surface area (TPSA) is 98.9 Å². The Balaban J connectivity index is 1.24. The fourth-order valence-electron chi connectivity index (χ4n) is 4.01. The summed E-state index contributed by atoms with van der Waals surface area (Å²) in [5.41, 5.74) is 2.75. The highest BCUT2D eigenvalue weighted by atomic mass is 32.2. The van der Waals surface area contributed by atoms with Crippen LogP contribution in [-0.2, 0) is 27.2 Å². The molecule has 0 bridgehead atoms. The lowest BCUT2D eigenvalue weighted by Crippen LogP contribution is -2.33.